The van der Waals surface area contributed by atoms with Gasteiger partial charge in [-0.3, -0.25) is 4.79 Å². The van der Waals surface area contributed by atoms with Gasteiger partial charge in [-0.15, -0.1) is 12.4 Å². The third kappa shape index (κ3) is 8.84. The fraction of sp³-hybridized carbons (Fsp3) is 0.632. The van der Waals surface area contributed by atoms with E-state index in [0.29, 0.717) is 23.6 Å². The number of rotatable bonds is 6. The first-order chi connectivity index (χ1) is 11.7. The number of hydrogen-bond acceptors (Lipinski definition) is 5. The number of benzene rings is 1. The Labute approximate surface area is 162 Å². The normalized spacial score (nSPS) is 16.2. The maximum atomic E-state index is 12.5. The minimum Gasteiger partial charge on any atom is -0.493 e. The Balaban J connectivity index is 0.000000705. The number of nitrogens with zero attached hydrogens (tertiary/aromatic N) is 1. The molecule has 0 aromatic heterocycles. The van der Waals surface area contributed by atoms with Crippen LogP contribution >= 0.6 is 24.4 Å². The smallest absolute Gasteiger partial charge is 0.238 e. The summed E-state index contributed by atoms with van der Waals surface area (Å²) in [4.78, 5) is 12.5. The van der Waals surface area contributed by atoms with Gasteiger partial charge in [0.05, 0.1) is 12.2 Å². The highest BCUT2D eigenvalue weighted by atomic mass is 35.5. The second-order valence-corrected chi connectivity index (χ2v) is 7.46. The predicted octanol–water partition coefficient (Wildman–Crippen LogP) is 5.31. The molecule has 1 aliphatic heterocycles. The van der Waals surface area contributed by atoms with Crippen LogP contribution in [0.4, 0.5) is 5.69 Å². The number of ether oxygens (including phenoxy) is 1. The lowest BCUT2D eigenvalue weighted by molar-refractivity contribution is 0.108. The van der Waals surface area contributed by atoms with Gasteiger partial charge in [0, 0.05) is 36.8 Å². The van der Waals surface area contributed by atoms with Crippen LogP contribution in [-0.4, -0.2) is 29.1 Å². The molecule has 3 rings (SSSR count). The second kappa shape index (κ2) is 12.4. The molecule has 4 nitrogen and oxygen atoms in total. The maximum absolute atomic E-state index is 12.5. The van der Waals surface area contributed by atoms with E-state index >= 15 is 0 Å². The van der Waals surface area contributed by atoms with Crippen molar-refractivity contribution in [3.05, 3.63) is 23.8 Å². The lowest BCUT2D eigenvalue weighted by Crippen LogP contribution is -2.24. The Bertz CT molecular complexity index is 517. The van der Waals surface area contributed by atoms with Crippen LogP contribution in [0.1, 0.15) is 68.6 Å². The summed E-state index contributed by atoms with van der Waals surface area (Å²) in [6, 6.07) is 5.28. The third-order valence-corrected chi connectivity index (χ3v) is 4.87. The number of halogens is 1. The average molecular weight is 387 g/mol. The largest absolute Gasteiger partial charge is 0.493 e. The first-order valence-corrected chi connectivity index (χ1v) is 9.97. The van der Waals surface area contributed by atoms with Crippen molar-refractivity contribution in [1.29, 1.82) is 0 Å². The van der Waals surface area contributed by atoms with Gasteiger partial charge in [-0.05, 0) is 31.4 Å². The van der Waals surface area contributed by atoms with Crippen molar-refractivity contribution in [3.8, 4) is 5.75 Å². The average Bonchev–Trinajstić information content (AvgIpc) is 3.45. The van der Waals surface area contributed by atoms with E-state index in [4.69, 9.17) is 10.5 Å². The summed E-state index contributed by atoms with van der Waals surface area (Å²) in [5.41, 5.74) is 7.05. The molecule has 1 aromatic rings. The number of anilines is 1. The molecule has 25 heavy (non-hydrogen) atoms. The van der Waals surface area contributed by atoms with Gasteiger partial charge in [0.2, 0.25) is 5.12 Å². The van der Waals surface area contributed by atoms with Crippen molar-refractivity contribution in [2.45, 2.75) is 58.3 Å². The molecule has 1 saturated carbocycles. The van der Waals surface area contributed by atoms with Gasteiger partial charge in [-0.1, -0.05) is 39.0 Å². The van der Waals surface area contributed by atoms with E-state index in [9.17, 15) is 4.79 Å². The lowest BCUT2D eigenvalue weighted by Gasteiger charge is -2.24. The van der Waals surface area contributed by atoms with Crippen LogP contribution < -0.4 is 10.5 Å². The topological polar surface area (TPSA) is 55.6 Å². The van der Waals surface area contributed by atoms with Gasteiger partial charge in [0.25, 0.3) is 0 Å². The van der Waals surface area contributed by atoms with Gasteiger partial charge in [0.15, 0.2) is 0 Å². The molecule has 2 aliphatic rings. The molecular formula is C19H31ClN2O2S. The summed E-state index contributed by atoms with van der Waals surface area (Å²) in [6.45, 7) is 4.70. The van der Waals surface area contributed by atoms with Crippen LogP contribution in [0.25, 0.3) is 0 Å². The first kappa shape index (κ1) is 22.1. The number of unbranched alkanes of at least 4 members (excludes halogenated alkanes) is 1. The molecule has 2 N–H and O–H groups in total. The van der Waals surface area contributed by atoms with Crippen molar-refractivity contribution in [1.82, 2.24) is 4.31 Å². The van der Waals surface area contributed by atoms with Crippen molar-refractivity contribution in [3.63, 3.8) is 0 Å². The minimum atomic E-state index is 0. The zero-order chi connectivity index (χ0) is 17.2. The molecule has 142 valence electrons. The van der Waals surface area contributed by atoms with E-state index in [1.807, 2.05) is 0 Å². The number of carbonyl (C=O) groups excluding carboxylic acids is 1. The highest BCUT2D eigenvalue weighted by Crippen LogP contribution is 2.29. The van der Waals surface area contributed by atoms with E-state index in [0.717, 1.165) is 25.9 Å². The monoisotopic (exact) mass is 386 g/mol. The Morgan fingerprint density at radius 3 is 2.40 bits per heavy atom. The van der Waals surface area contributed by atoms with Crippen LogP contribution in [0, 0.1) is 0 Å². The van der Waals surface area contributed by atoms with Crippen molar-refractivity contribution in [2.24, 2.45) is 0 Å². The molecule has 2 fully saturated rings. The van der Waals surface area contributed by atoms with Gasteiger partial charge in [0.1, 0.15) is 5.75 Å². The van der Waals surface area contributed by atoms with Crippen LogP contribution in [-0.2, 0) is 0 Å². The summed E-state index contributed by atoms with van der Waals surface area (Å²) in [5.74, 6) is 0.609. The molecule has 6 heteroatoms. The number of nitrogens with two attached hydrogens (primary N) is 1. The predicted molar refractivity (Wildman–Crippen MR) is 110 cm³/mol. The molecule has 0 bridgehead atoms. The fourth-order valence-electron chi connectivity index (χ4n) is 2.28. The number of piperidine rings is 1. The molecule has 1 saturated heterocycles. The Morgan fingerprint density at radius 2 is 1.80 bits per heavy atom. The number of hydrogen-bond donors (Lipinski definition) is 1. The molecule has 0 radical (unpaired) electrons. The van der Waals surface area contributed by atoms with Crippen molar-refractivity contribution >= 4 is 35.2 Å². The zero-order valence-electron chi connectivity index (χ0n) is 15.2. The quantitative estimate of drug-likeness (QED) is 0.407. The van der Waals surface area contributed by atoms with Crippen LogP contribution in [0.3, 0.4) is 0 Å². The highest BCUT2D eigenvalue weighted by molar-refractivity contribution is 8.12. The molecule has 0 unspecified atom stereocenters. The van der Waals surface area contributed by atoms with Gasteiger partial charge < -0.3 is 10.5 Å². The second-order valence-electron chi connectivity index (χ2n) is 6.39. The summed E-state index contributed by atoms with van der Waals surface area (Å²) in [7, 11) is 0. The minimum absolute atomic E-state index is 0. The van der Waals surface area contributed by atoms with Crippen LogP contribution in [0.5, 0.6) is 5.75 Å². The van der Waals surface area contributed by atoms with Crippen LogP contribution in [0.2, 0.25) is 0 Å². The molecule has 0 spiro atoms. The van der Waals surface area contributed by atoms with Gasteiger partial charge >= 0.3 is 0 Å². The Kier molecular flexibility index (Phi) is 11.0. The number of nitrogen functional groups attached to an aromatic ring is 1. The van der Waals surface area contributed by atoms with Crippen LogP contribution in [0.15, 0.2) is 18.2 Å². The fourth-order valence-corrected chi connectivity index (χ4v) is 3.22. The van der Waals surface area contributed by atoms with E-state index in [1.165, 1.54) is 50.5 Å². The van der Waals surface area contributed by atoms with E-state index in [1.54, 1.807) is 18.2 Å². The van der Waals surface area contributed by atoms with Gasteiger partial charge in [-0.25, -0.2) is 4.31 Å². The molecule has 1 aromatic carbocycles. The standard InChI is InChI=1S/C16H24N2O2S.C3H6.ClH/c1-2-3-11-20-15-12-13(17)7-8-14(15)16(19)21-18-9-5-4-6-10-18;1-2-3-1;/h7-8,12H,2-6,9-11,17H2,1H3;1-3H2;1H. The molecule has 1 aliphatic carbocycles. The van der Waals surface area contributed by atoms with E-state index < -0.39 is 0 Å². The van der Waals surface area contributed by atoms with Gasteiger partial charge in [-0.2, -0.15) is 0 Å². The Hall–Kier alpha value is -0.910. The summed E-state index contributed by atoms with van der Waals surface area (Å²) < 4.78 is 7.89. The van der Waals surface area contributed by atoms with E-state index in [-0.39, 0.29) is 17.5 Å². The summed E-state index contributed by atoms with van der Waals surface area (Å²) >= 11 is 1.31. The lowest BCUT2D eigenvalue weighted by atomic mass is 10.2. The summed E-state index contributed by atoms with van der Waals surface area (Å²) in [5, 5.41) is 0.0448. The van der Waals surface area contributed by atoms with Crippen molar-refractivity contribution < 1.29 is 9.53 Å². The zero-order valence-corrected chi connectivity index (χ0v) is 16.8. The van der Waals surface area contributed by atoms with E-state index in [2.05, 4.69) is 11.2 Å². The summed E-state index contributed by atoms with van der Waals surface area (Å²) in [6.07, 6.45) is 10.1. The van der Waals surface area contributed by atoms with Crippen molar-refractivity contribution in [2.75, 3.05) is 25.4 Å². The number of carbonyl (C=O) groups is 1. The maximum Gasteiger partial charge on any atom is 0.238 e. The SMILES string of the molecule is C1CC1.CCCCOc1cc(N)ccc1C(=O)SN1CCCCC1.Cl. The first-order valence-electron chi connectivity index (χ1n) is 9.20. The molecule has 1 heterocycles. The third-order valence-electron chi connectivity index (χ3n) is 3.86. The molecule has 0 amide bonds. The molecular weight excluding hydrogens is 356 g/mol. The molecule has 0 atom stereocenters. The highest BCUT2D eigenvalue weighted by Gasteiger charge is 2.19. The Morgan fingerprint density at radius 1 is 1.16 bits per heavy atom.